The van der Waals surface area contributed by atoms with E-state index in [0.29, 0.717) is 0 Å². The lowest BCUT2D eigenvalue weighted by atomic mass is 10.1. The molecule has 0 spiro atoms. The van der Waals surface area contributed by atoms with Crippen LogP contribution in [0.1, 0.15) is 17.3 Å². The molecule has 72 valence electrons. The largest absolute Gasteiger partial charge is 0.417 e. The van der Waals surface area contributed by atoms with Crippen molar-refractivity contribution in [2.75, 3.05) is 0 Å². The Hall–Kier alpha value is -1.91. The summed E-state index contributed by atoms with van der Waals surface area (Å²) in [5.41, 5.74) is 0.347. The lowest BCUT2D eigenvalue weighted by Gasteiger charge is -1.96. The maximum absolute atomic E-state index is 13.2. The number of oxazole rings is 1. The van der Waals surface area contributed by atoms with Crippen LogP contribution in [0.4, 0.5) is 4.39 Å². The van der Waals surface area contributed by atoms with Crippen molar-refractivity contribution in [2.24, 2.45) is 0 Å². The highest BCUT2D eigenvalue weighted by Crippen LogP contribution is 2.16. The fourth-order valence-corrected chi connectivity index (χ4v) is 1.24. The third kappa shape index (κ3) is 1.22. The fraction of sp³-hybridized carbons (Fsp3) is 0.111. The van der Waals surface area contributed by atoms with Gasteiger partial charge in [0, 0.05) is 6.07 Å². The summed E-state index contributed by atoms with van der Waals surface area (Å²) in [4.78, 5) is 24.0. The normalized spacial score (nSPS) is 10.7. The molecule has 5 heteroatoms. The molecule has 1 aromatic carbocycles. The minimum atomic E-state index is -0.667. The number of nitrogens with one attached hydrogen (secondary N) is 1. The van der Waals surface area contributed by atoms with E-state index in [2.05, 4.69) is 9.40 Å². The van der Waals surface area contributed by atoms with E-state index in [1.54, 1.807) is 0 Å². The molecule has 1 aromatic heterocycles. The first-order chi connectivity index (χ1) is 6.58. The van der Waals surface area contributed by atoms with Crippen molar-refractivity contribution < 1.29 is 13.6 Å². The Bertz CT molecular complexity index is 567. The van der Waals surface area contributed by atoms with Crippen molar-refractivity contribution in [3.8, 4) is 0 Å². The molecule has 0 aliphatic carbocycles. The molecule has 0 saturated carbocycles. The second kappa shape index (κ2) is 2.80. The number of H-pyrrole nitrogens is 1. The van der Waals surface area contributed by atoms with Crippen LogP contribution < -0.4 is 5.76 Å². The first kappa shape index (κ1) is 8.68. The van der Waals surface area contributed by atoms with E-state index in [-0.39, 0.29) is 16.7 Å². The number of carbonyl (C=O) groups is 1. The molecule has 1 N–H and O–H groups in total. The Labute approximate surface area is 77.3 Å². The number of aromatic nitrogens is 1. The van der Waals surface area contributed by atoms with Gasteiger partial charge in [-0.3, -0.25) is 9.78 Å². The van der Waals surface area contributed by atoms with Crippen molar-refractivity contribution in [2.45, 2.75) is 6.92 Å². The number of ketones is 1. The van der Waals surface area contributed by atoms with E-state index in [4.69, 9.17) is 0 Å². The summed E-state index contributed by atoms with van der Waals surface area (Å²) in [6, 6.07) is 2.28. The van der Waals surface area contributed by atoms with Crippen LogP contribution in [0.5, 0.6) is 0 Å². The van der Waals surface area contributed by atoms with Crippen LogP contribution in [0.2, 0.25) is 0 Å². The average Bonchev–Trinajstić information content (AvgIpc) is 2.42. The minimum absolute atomic E-state index is 0.0831. The van der Waals surface area contributed by atoms with E-state index in [0.717, 1.165) is 6.07 Å². The lowest BCUT2D eigenvalue weighted by molar-refractivity contribution is 0.101. The van der Waals surface area contributed by atoms with Crippen molar-refractivity contribution in [1.29, 1.82) is 0 Å². The number of rotatable bonds is 1. The molecule has 0 fully saturated rings. The van der Waals surface area contributed by atoms with Gasteiger partial charge >= 0.3 is 5.76 Å². The van der Waals surface area contributed by atoms with Crippen LogP contribution in [0.15, 0.2) is 21.3 Å². The second-order valence-electron chi connectivity index (χ2n) is 2.90. The Kier molecular flexibility index (Phi) is 1.73. The summed E-state index contributed by atoms with van der Waals surface area (Å²) in [5, 5.41) is 0. The van der Waals surface area contributed by atoms with Crippen LogP contribution in [0.3, 0.4) is 0 Å². The van der Waals surface area contributed by atoms with Crippen molar-refractivity contribution >= 4 is 16.9 Å². The van der Waals surface area contributed by atoms with Gasteiger partial charge in [0.05, 0.1) is 11.1 Å². The summed E-state index contributed by atoms with van der Waals surface area (Å²) in [5.74, 6) is -1.74. The third-order valence-electron chi connectivity index (χ3n) is 1.89. The fourth-order valence-electron chi connectivity index (χ4n) is 1.24. The third-order valence-corrected chi connectivity index (χ3v) is 1.89. The molecule has 0 bridgehead atoms. The summed E-state index contributed by atoms with van der Waals surface area (Å²) in [6.07, 6.45) is 0. The molecule has 0 aliphatic rings. The number of benzene rings is 1. The SMILES string of the molecule is CC(=O)c1cc2oc(=O)[nH]c2cc1F. The zero-order chi connectivity index (χ0) is 10.3. The minimum Gasteiger partial charge on any atom is -0.408 e. The van der Waals surface area contributed by atoms with Crippen molar-refractivity contribution in [3.63, 3.8) is 0 Å². The highest BCUT2D eigenvalue weighted by molar-refractivity contribution is 5.97. The lowest BCUT2D eigenvalue weighted by Crippen LogP contribution is -1.96. The van der Waals surface area contributed by atoms with Crippen LogP contribution in [0.25, 0.3) is 11.1 Å². The predicted octanol–water partition coefficient (Wildman–Crippen LogP) is 1.46. The standard InChI is InChI=1S/C9H6FNO3/c1-4(12)5-2-8-7(3-6(5)10)11-9(13)14-8/h2-3H,1H3,(H,11,13). The van der Waals surface area contributed by atoms with E-state index >= 15 is 0 Å². The molecule has 2 rings (SSSR count). The number of fused-ring (bicyclic) bond motifs is 1. The highest BCUT2D eigenvalue weighted by atomic mass is 19.1. The molecular formula is C9H6FNO3. The van der Waals surface area contributed by atoms with Gasteiger partial charge in [0.2, 0.25) is 0 Å². The second-order valence-corrected chi connectivity index (χ2v) is 2.90. The molecule has 0 atom stereocenters. The quantitative estimate of drug-likeness (QED) is 0.700. The van der Waals surface area contributed by atoms with Gasteiger partial charge in [0.25, 0.3) is 0 Å². The zero-order valence-corrected chi connectivity index (χ0v) is 7.26. The summed E-state index contributed by atoms with van der Waals surface area (Å²) in [6.45, 7) is 1.25. The molecule has 0 saturated heterocycles. The molecule has 0 aliphatic heterocycles. The Morgan fingerprint density at radius 3 is 2.86 bits per heavy atom. The monoisotopic (exact) mass is 195 g/mol. The molecule has 4 nitrogen and oxygen atoms in total. The number of aromatic amines is 1. The molecular weight excluding hydrogens is 189 g/mol. The van der Waals surface area contributed by atoms with Crippen LogP contribution in [0, 0.1) is 5.82 Å². The predicted molar refractivity (Wildman–Crippen MR) is 46.8 cm³/mol. The van der Waals surface area contributed by atoms with Gasteiger partial charge in [-0.1, -0.05) is 0 Å². The van der Waals surface area contributed by atoms with E-state index in [1.165, 1.54) is 13.0 Å². The highest BCUT2D eigenvalue weighted by Gasteiger charge is 2.11. The summed E-state index contributed by atoms with van der Waals surface area (Å²) >= 11 is 0. The average molecular weight is 195 g/mol. The first-order valence-corrected chi connectivity index (χ1v) is 3.91. The number of Topliss-reactive ketones (excluding diaryl/α,β-unsaturated/α-hetero) is 1. The smallest absolute Gasteiger partial charge is 0.408 e. The molecule has 0 unspecified atom stereocenters. The maximum Gasteiger partial charge on any atom is 0.417 e. The first-order valence-electron chi connectivity index (χ1n) is 3.91. The van der Waals surface area contributed by atoms with Crippen molar-refractivity contribution in [1.82, 2.24) is 4.98 Å². The topological polar surface area (TPSA) is 63.1 Å². The number of hydrogen-bond acceptors (Lipinski definition) is 3. The van der Waals surface area contributed by atoms with Crippen LogP contribution in [-0.2, 0) is 0 Å². The number of hydrogen-bond donors (Lipinski definition) is 1. The van der Waals surface area contributed by atoms with Gasteiger partial charge in [-0.25, -0.2) is 9.18 Å². The zero-order valence-electron chi connectivity index (χ0n) is 7.26. The Balaban J connectivity index is 2.82. The van der Waals surface area contributed by atoms with Gasteiger partial charge < -0.3 is 4.42 Å². The van der Waals surface area contributed by atoms with Gasteiger partial charge in [-0.05, 0) is 13.0 Å². The summed E-state index contributed by atoms with van der Waals surface area (Å²) in [7, 11) is 0. The summed E-state index contributed by atoms with van der Waals surface area (Å²) < 4.78 is 17.9. The van der Waals surface area contributed by atoms with E-state index in [1.807, 2.05) is 0 Å². The molecule has 1 heterocycles. The van der Waals surface area contributed by atoms with Gasteiger partial charge in [0.1, 0.15) is 5.82 Å². The molecule has 0 amide bonds. The number of halogens is 1. The Morgan fingerprint density at radius 2 is 2.21 bits per heavy atom. The Morgan fingerprint density at radius 1 is 1.50 bits per heavy atom. The van der Waals surface area contributed by atoms with Crippen LogP contribution in [-0.4, -0.2) is 10.8 Å². The van der Waals surface area contributed by atoms with Gasteiger partial charge in [-0.15, -0.1) is 0 Å². The molecule has 0 radical (unpaired) electrons. The van der Waals surface area contributed by atoms with Crippen molar-refractivity contribution in [3.05, 3.63) is 34.1 Å². The molecule has 2 aromatic rings. The van der Waals surface area contributed by atoms with Gasteiger partial charge in [0.15, 0.2) is 11.4 Å². The molecule has 14 heavy (non-hydrogen) atoms. The van der Waals surface area contributed by atoms with Gasteiger partial charge in [-0.2, -0.15) is 0 Å². The number of carbonyl (C=O) groups excluding carboxylic acids is 1. The maximum atomic E-state index is 13.2. The van der Waals surface area contributed by atoms with E-state index < -0.39 is 17.4 Å². The van der Waals surface area contributed by atoms with Crippen LogP contribution >= 0.6 is 0 Å². The van der Waals surface area contributed by atoms with E-state index in [9.17, 15) is 14.0 Å².